The van der Waals surface area contributed by atoms with Crippen LogP contribution in [-0.4, -0.2) is 119 Å². The first-order chi connectivity index (χ1) is 18.5. The first-order valence-corrected chi connectivity index (χ1v) is 14.1. The molecule has 3 aliphatic rings. The summed E-state index contributed by atoms with van der Waals surface area (Å²) in [6.07, 6.45) is -7.81. The van der Waals surface area contributed by atoms with Crippen LogP contribution in [0.5, 0.6) is 5.75 Å². The molecule has 15 heteroatoms. The maximum Gasteiger partial charge on any atom is 0.427 e. The average molecular weight is 582 g/mol. The number of hydrogen-bond acceptors (Lipinski definition) is 8. The second-order valence-corrected chi connectivity index (χ2v) is 11.6. The molecule has 11 nitrogen and oxygen atoms in total. The Labute approximate surface area is 225 Å². The van der Waals surface area contributed by atoms with Gasteiger partial charge < -0.3 is 28.6 Å². The van der Waals surface area contributed by atoms with Gasteiger partial charge in [0.1, 0.15) is 5.75 Å². The first kappa shape index (κ1) is 29.8. The van der Waals surface area contributed by atoms with Gasteiger partial charge in [-0.3, -0.25) is 0 Å². The third-order valence-corrected chi connectivity index (χ3v) is 9.06. The van der Waals surface area contributed by atoms with Crippen molar-refractivity contribution in [2.75, 3.05) is 72.8 Å². The molecule has 3 fully saturated rings. The maximum atomic E-state index is 13.6. The number of carbonyl (C=O) groups is 1. The van der Waals surface area contributed by atoms with Crippen molar-refractivity contribution < 1.29 is 50.1 Å². The molecule has 3 heterocycles. The quantitative estimate of drug-likeness (QED) is 0.459. The highest BCUT2D eigenvalue weighted by molar-refractivity contribution is 7.86. The van der Waals surface area contributed by atoms with E-state index in [4.69, 9.17) is 23.7 Å². The fourth-order valence-corrected chi connectivity index (χ4v) is 6.38. The highest BCUT2D eigenvalue weighted by Gasteiger charge is 2.47. The molecule has 0 bridgehead atoms. The minimum Gasteiger partial charge on any atom is -0.497 e. The molecule has 1 aromatic rings. The molecule has 3 aliphatic heterocycles. The van der Waals surface area contributed by atoms with E-state index in [1.54, 1.807) is 24.3 Å². The van der Waals surface area contributed by atoms with Crippen LogP contribution >= 0.6 is 0 Å². The molecule has 0 saturated carbocycles. The molecule has 39 heavy (non-hydrogen) atoms. The number of hydrogen-bond donors (Lipinski definition) is 0. The minimum absolute atomic E-state index is 0.0710. The van der Waals surface area contributed by atoms with Gasteiger partial charge in [-0.15, -0.1) is 0 Å². The Balaban J connectivity index is 1.28. The minimum atomic E-state index is -4.81. The molecule has 0 aliphatic carbocycles. The lowest BCUT2D eigenvalue weighted by Crippen LogP contribution is -2.61. The Hall–Kier alpha value is -2.17. The number of nitrogens with zero attached hydrogens (tertiary/aromatic N) is 3. The zero-order valence-electron chi connectivity index (χ0n) is 21.7. The number of carbonyl (C=O) groups excluding carboxylic acids is 1. The van der Waals surface area contributed by atoms with Crippen molar-refractivity contribution in [3.63, 3.8) is 0 Å². The van der Waals surface area contributed by atoms with Crippen LogP contribution in [-0.2, 0) is 35.8 Å². The van der Waals surface area contributed by atoms with E-state index in [-0.39, 0.29) is 65.3 Å². The van der Waals surface area contributed by atoms with Crippen LogP contribution in [0.2, 0.25) is 0 Å². The number of ether oxygens (including phenoxy) is 5. The Kier molecular flexibility index (Phi) is 9.60. The topological polar surface area (TPSA) is 107 Å². The van der Waals surface area contributed by atoms with Crippen LogP contribution < -0.4 is 4.74 Å². The Morgan fingerprint density at radius 1 is 1.03 bits per heavy atom. The number of methoxy groups -OCH3 is 1. The Morgan fingerprint density at radius 3 is 2.28 bits per heavy atom. The molecule has 1 amide bonds. The fraction of sp³-hybridized carbons (Fsp3) is 0.708. The van der Waals surface area contributed by atoms with Gasteiger partial charge in [0.15, 0.2) is 0 Å². The summed E-state index contributed by atoms with van der Waals surface area (Å²) < 4.78 is 96.0. The molecule has 220 valence electrons. The third kappa shape index (κ3) is 7.52. The molecular formula is C24H34F3N3O8S. The highest BCUT2D eigenvalue weighted by Crippen LogP contribution is 2.33. The smallest absolute Gasteiger partial charge is 0.427 e. The average Bonchev–Trinajstić information content (AvgIpc) is 2.93. The van der Waals surface area contributed by atoms with Gasteiger partial charge in [-0.25, -0.2) is 4.79 Å². The third-order valence-electron chi connectivity index (χ3n) is 7.07. The number of rotatable bonds is 8. The predicted molar refractivity (Wildman–Crippen MR) is 131 cm³/mol. The number of amides is 1. The molecule has 1 atom stereocenters. The lowest BCUT2D eigenvalue weighted by Gasteiger charge is -2.47. The van der Waals surface area contributed by atoms with E-state index in [9.17, 15) is 26.4 Å². The summed E-state index contributed by atoms with van der Waals surface area (Å²) in [5, 5.41) is 0. The van der Waals surface area contributed by atoms with Gasteiger partial charge in [-0.05, 0) is 30.5 Å². The van der Waals surface area contributed by atoms with Crippen molar-refractivity contribution in [3.8, 4) is 5.75 Å². The Bertz CT molecular complexity index is 1060. The summed E-state index contributed by atoms with van der Waals surface area (Å²) in [7, 11) is -2.20. The first-order valence-electron chi connectivity index (χ1n) is 12.7. The standard InChI is InChI=1S/C24H34F3N3O8S/c1-34-20-4-2-19(3-5-20)16-36-17-21(24(25,26)27)38-22(31)28-8-6-23(7-9-28)18-30(12-15-37-23)39(32,33)29-10-13-35-14-11-29/h2-5,21H,6-18H2,1H3/t21-/m1/s1. The number of piperidine rings is 1. The van der Waals surface area contributed by atoms with Crippen LogP contribution in [0, 0.1) is 0 Å². The molecule has 0 aromatic heterocycles. The lowest BCUT2D eigenvalue weighted by molar-refractivity contribution is -0.220. The molecule has 4 rings (SSSR count). The van der Waals surface area contributed by atoms with Crippen LogP contribution in [0.15, 0.2) is 24.3 Å². The lowest BCUT2D eigenvalue weighted by atomic mass is 9.90. The van der Waals surface area contributed by atoms with Crippen molar-refractivity contribution in [1.82, 2.24) is 13.5 Å². The number of alkyl halides is 3. The van der Waals surface area contributed by atoms with Crippen LogP contribution in [0.4, 0.5) is 18.0 Å². The van der Waals surface area contributed by atoms with E-state index >= 15 is 0 Å². The molecule has 3 saturated heterocycles. The van der Waals surface area contributed by atoms with Crippen LogP contribution in [0.3, 0.4) is 0 Å². The van der Waals surface area contributed by atoms with E-state index in [0.29, 0.717) is 24.5 Å². The fourth-order valence-electron chi connectivity index (χ4n) is 4.74. The highest BCUT2D eigenvalue weighted by atomic mass is 32.2. The van der Waals surface area contributed by atoms with Crippen molar-refractivity contribution in [3.05, 3.63) is 29.8 Å². The zero-order chi connectivity index (χ0) is 28.1. The second kappa shape index (κ2) is 12.6. The van der Waals surface area contributed by atoms with E-state index < -0.39 is 40.8 Å². The number of likely N-dealkylation sites (tertiary alicyclic amines) is 1. The summed E-state index contributed by atoms with van der Waals surface area (Å²) in [6.45, 7) is 0.912. The summed E-state index contributed by atoms with van der Waals surface area (Å²) in [6, 6.07) is 6.65. The van der Waals surface area contributed by atoms with Crippen LogP contribution in [0.1, 0.15) is 18.4 Å². The van der Waals surface area contributed by atoms with E-state index in [1.165, 1.54) is 20.6 Å². The SMILES string of the molecule is COc1ccc(COC[C@@H](OC(=O)N2CCC3(CC2)CN(S(=O)(=O)N2CCOCC2)CCO3)C(F)(F)F)cc1. The molecule has 0 unspecified atom stereocenters. The molecular weight excluding hydrogens is 547 g/mol. The molecule has 1 aromatic carbocycles. The second-order valence-electron chi connectivity index (χ2n) is 9.65. The van der Waals surface area contributed by atoms with Crippen molar-refractivity contribution in [2.45, 2.75) is 37.3 Å². The van der Waals surface area contributed by atoms with Gasteiger partial charge in [0.05, 0.1) is 45.7 Å². The monoisotopic (exact) mass is 581 g/mol. The van der Waals surface area contributed by atoms with Gasteiger partial charge >= 0.3 is 12.3 Å². The van der Waals surface area contributed by atoms with Crippen molar-refractivity contribution in [1.29, 1.82) is 0 Å². The Morgan fingerprint density at radius 2 is 1.67 bits per heavy atom. The van der Waals surface area contributed by atoms with Gasteiger partial charge in [0, 0.05) is 39.3 Å². The molecule has 1 spiro atoms. The summed E-state index contributed by atoms with van der Waals surface area (Å²) >= 11 is 0. The number of benzene rings is 1. The zero-order valence-corrected chi connectivity index (χ0v) is 22.5. The van der Waals surface area contributed by atoms with Crippen molar-refractivity contribution >= 4 is 16.3 Å². The molecule has 0 radical (unpaired) electrons. The number of morpholine rings is 2. The van der Waals surface area contributed by atoms with Crippen molar-refractivity contribution in [2.24, 2.45) is 0 Å². The van der Waals surface area contributed by atoms with Gasteiger partial charge in [0.25, 0.3) is 10.2 Å². The van der Waals surface area contributed by atoms with Crippen LogP contribution in [0.25, 0.3) is 0 Å². The van der Waals surface area contributed by atoms with E-state index in [2.05, 4.69) is 0 Å². The van der Waals surface area contributed by atoms with Gasteiger partial charge in [-0.1, -0.05) is 12.1 Å². The van der Waals surface area contributed by atoms with Gasteiger partial charge in [-0.2, -0.15) is 30.2 Å². The summed E-state index contributed by atoms with van der Waals surface area (Å²) in [5.41, 5.74) is -0.180. The predicted octanol–water partition coefficient (Wildman–Crippen LogP) is 2.02. The maximum absolute atomic E-state index is 13.6. The van der Waals surface area contributed by atoms with E-state index in [1.807, 2.05) is 0 Å². The van der Waals surface area contributed by atoms with E-state index in [0.717, 1.165) is 0 Å². The molecule has 0 N–H and O–H groups in total. The number of halogens is 3. The normalized spacial score (nSPS) is 22.0. The summed E-state index contributed by atoms with van der Waals surface area (Å²) in [4.78, 5) is 13.8. The summed E-state index contributed by atoms with van der Waals surface area (Å²) in [5.74, 6) is 0.606. The van der Waals surface area contributed by atoms with Gasteiger partial charge in [0.2, 0.25) is 6.10 Å². The largest absolute Gasteiger partial charge is 0.497 e.